The predicted molar refractivity (Wildman–Crippen MR) is 57.5 cm³/mol. The minimum atomic E-state index is 0.542. The highest BCUT2D eigenvalue weighted by Gasteiger charge is 2.24. The summed E-state index contributed by atoms with van der Waals surface area (Å²) in [5, 5.41) is 0. The average Bonchev–Trinajstić information content (AvgIpc) is 2.12. The first kappa shape index (κ1) is 10.4. The molecule has 2 heterocycles. The van der Waals surface area contributed by atoms with E-state index >= 15 is 0 Å². The zero-order chi connectivity index (χ0) is 9.97. The minimum Gasteiger partial charge on any atom is -0.377 e. The van der Waals surface area contributed by atoms with Crippen molar-refractivity contribution in [3.05, 3.63) is 0 Å². The lowest BCUT2D eigenvalue weighted by Crippen LogP contribution is -2.51. The molecule has 2 rings (SSSR count). The van der Waals surface area contributed by atoms with Crippen molar-refractivity contribution >= 4 is 0 Å². The topological polar surface area (TPSA) is 15.7 Å². The predicted octanol–water partition coefficient (Wildman–Crippen LogP) is 0.801. The molecule has 1 unspecified atom stereocenters. The van der Waals surface area contributed by atoms with Gasteiger partial charge in [-0.3, -0.25) is 9.80 Å². The summed E-state index contributed by atoms with van der Waals surface area (Å²) in [6.07, 6.45) is 1.81. The summed E-state index contributed by atoms with van der Waals surface area (Å²) >= 11 is 0. The number of ether oxygens (including phenoxy) is 1. The first-order valence-electron chi connectivity index (χ1n) is 5.83. The first-order valence-corrected chi connectivity index (χ1v) is 5.83. The van der Waals surface area contributed by atoms with Crippen molar-refractivity contribution in [1.29, 1.82) is 0 Å². The molecule has 0 aliphatic carbocycles. The zero-order valence-corrected chi connectivity index (χ0v) is 9.41. The molecule has 2 fully saturated rings. The summed E-state index contributed by atoms with van der Waals surface area (Å²) < 4.78 is 5.45. The molecule has 1 atom stereocenters. The number of hydrogen-bond acceptors (Lipinski definition) is 3. The fourth-order valence-electron chi connectivity index (χ4n) is 2.18. The molecular weight excluding hydrogens is 176 g/mol. The van der Waals surface area contributed by atoms with Crippen molar-refractivity contribution in [2.24, 2.45) is 0 Å². The lowest BCUT2D eigenvalue weighted by Gasteiger charge is -2.39. The summed E-state index contributed by atoms with van der Waals surface area (Å²) in [7, 11) is 0. The van der Waals surface area contributed by atoms with Crippen LogP contribution in [0, 0.1) is 0 Å². The Hall–Kier alpha value is -0.120. The van der Waals surface area contributed by atoms with Gasteiger partial charge in [-0.15, -0.1) is 0 Å². The number of hydrogen-bond donors (Lipinski definition) is 0. The fourth-order valence-corrected chi connectivity index (χ4v) is 2.18. The van der Waals surface area contributed by atoms with Crippen LogP contribution in [0.2, 0.25) is 0 Å². The lowest BCUT2D eigenvalue weighted by molar-refractivity contribution is -0.0720. The maximum absolute atomic E-state index is 5.45. The second-order valence-corrected chi connectivity index (χ2v) is 4.71. The molecule has 0 saturated carbocycles. The van der Waals surface area contributed by atoms with E-state index in [0.717, 1.165) is 13.2 Å². The summed E-state index contributed by atoms with van der Waals surface area (Å²) in [5.41, 5.74) is 0. The quantitative estimate of drug-likeness (QED) is 0.667. The average molecular weight is 198 g/mol. The Morgan fingerprint density at radius 3 is 2.29 bits per heavy atom. The molecule has 0 aromatic heterocycles. The van der Waals surface area contributed by atoms with Crippen molar-refractivity contribution in [2.75, 3.05) is 39.3 Å². The van der Waals surface area contributed by atoms with Gasteiger partial charge >= 0.3 is 0 Å². The third-order valence-corrected chi connectivity index (χ3v) is 3.39. The van der Waals surface area contributed by atoms with Gasteiger partial charge in [0.2, 0.25) is 0 Å². The third kappa shape index (κ3) is 2.47. The van der Waals surface area contributed by atoms with E-state index in [2.05, 4.69) is 23.6 Å². The van der Waals surface area contributed by atoms with Crippen molar-refractivity contribution in [3.8, 4) is 0 Å². The molecular formula is C11H22N2O. The standard InChI is InChI=1S/C11H22N2O/c1-10(2)13-6-4-12(5-7-13)9-11-3-8-14-11/h10-11H,3-9H2,1-2H3. The van der Waals surface area contributed by atoms with Crippen LogP contribution in [0.3, 0.4) is 0 Å². The van der Waals surface area contributed by atoms with E-state index in [0.29, 0.717) is 12.1 Å². The zero-order valence-electron chi connectivity index (χ0n) is 9.41. The maximum atomic E-state index is 5.45. The van der Waals surface area contributed by atoms with Crippen LogP contribution in [-0.2, 0) is 4.74 Å². The number of nitrogens with zero attached hydrogens (tertiary/aromatic N) is 2. The van der Waals surface area contributed by atoms with Crippen molar-refractivity contribution in [3.63, 3.8) is 0 Å². The molecule has 0 aromatic rings. The van der Waals surface area contributed by atoms with Gasteiger partial charge in [-0.25, -0.2) is 0 Å². The Balaban J connectivity index is 1.67. The summed E-state index contributed by atoms with van der Waals surface area (Å²) in [6, 6.07) is 0.706. The monoisotopic (exact) mass is 198 g/mol. The van der Waals surface area contributed by atoms with Gasteiger partial charge in [0.05, 0.1) is 6.10 Å². The molecule has 2 saturated heterocycles. The number of piperazine rings is 1. The molecule has 0 bridgehead atoms. The highest BCUT2D eigenvalue weighted by atomic mass is 16.5. The minimum absolute atomic E-state index is 0.542. The van der Waals surface area contributed by atoms with Gasteiger partial charge < -0.3 is 4.74 Å². The van der Waals surface area contributed by atoms with Crippen LogP contribution >= 0.6 is 0 Å². The third-order valence-electron chi connectivity index (χ3n) is 3.39. The van der Waals surface area contributed by atoms with E-state index in [1.165, 1.54) is 32.6 Å². The normalized spacial score (nSPS) is 30.6. The summed E-state index contributed by atoms with van der Waals surface area (Å²) in [6.45, 7) is 11.6. The molecule has 2 aliphatic rings. The fraction of sp³-hybridized carbons (Fsp3) is 1.00. The Morgan fingerprint density at radius 2 is 1.86 bits per heavy atom. The molecule has 0 amide bonds. The van der Waals surface area contributed by atoms with Gasteiger partial charge in [0.15, 0.2) is 0 Å². The van der Waals surface area contributed by atoms with Gasteiger partial charge in [-0.1, -0.05) is 0 Å². The van der Waals surface area contributed by atoms with E-state index < -0.39 is 0 Å². The van der Waals surface area contributed by atoms with Gasteiger partial charge in [-0.05, 0) is 20.3 Å². The van der Waals surface area contributed by atoms with Crippen LogP contribution in [0.1, 0.15) is 20.3 Å². The highest BCUT2D eigenvalue weighted by molar-refractivity contribution is 4.78. The van der Waals surface area contributed by atoms with E-state index in [9.17, 15) is 0 Å². The van der Waals surface area contributed by atoms with E-state index in [1.54, 1.807) is 0 Å². The molecule has 0 radical (unpaired) electrons. The summed E-state index contributed by atoms with van der Waals surface area (Å²) in [4.78, 5) is 5.10. The van der Waals surface area contributed by atoms with Crippen LogP contribution in [0.4, 0.5) is 0 Å². The molecule has 82 valence electrons. The Kier molecular flexibility index (Phi) is 3.42. The molecule has 14 heavy (non-hydrogen) atoms. The molecule has 0 N–H and O–H groups in total. The Bertz CT molecular complexity index is 172. The van der Waals surface area contributed by atoms with Crippen LogP contribution < -0.4 is 0 Å². The highest BCUT2D eigenvalue weighted by Crippen LogP contribution is 2.14. The smallest absolute Gasteiger partial charge is 0.0723 e. The lowest BCUT2D eigenvalue weighted by atomic mass is 10.1. The van der Waals surface area contributed by atoms with E-state index in [4.69, 9.17) is 4.74 Å². The second-order valence-electron chi connectivity index (χ2n) is 4.71. The molecule has 3 heteroatoms. The summed E-state index contributed by atoms with van der Waals surface area (Å²) in [5.74, 6) is 0. The Morgan fingerprint density at radius 1 is 1.21 bits per heavy atom. The SMILES string of the molecule is CC(C)N1CCN(CC2CCO2)CC1. The van der Waals surface area contributed by atoms with E-state index in [1.807, 2.05) is 0 Å². The van der Waals surface area contributed by atoms with E-state index in [-0.39, 0.29) is 0 Å². The second kappa shape index (κ2) is 4.60. The van der Waals surface area contributed by atoms with Gasteiger partial charge in [-0.2, -0.15) is 0 Å². The number of rotatable bonds is 3. The maximum Gasteiger partial charge on any atom is 0.0723 e. The molecule has 2 aliphatic heterocycles. The van der Waals surface area contributed by atoms with Crippen molar-refractivity contribution in [1.82, 2.24) is 9.80 Å². The first-order chi connectivity index (χ1) is 6.75. The molecule has 0 aromatic carbocycles. The van der Waals surface area contributed by atoms with Crippen LogP contribution in [0.5, 0.6) is 0 Å². The molecule has 0 spiro atoms. The van der Waals surface area contributed by atoms with Gasteiger partial charge in [0.1, 0.15) is 0 Å². The van der Waals surface area contributed by atoms with Crippen LogP contribution in [0.25, 0.3) is 0 Å². The van der Waals surface area contributed by atoms with Crippen LogP contribution in [-0.4, -0.2) is 61.3 Å². The van der Waals surface area contributed by atoms with Gasteiger partial charge in [0, 0.05) is 45.4 Å². The van der Waals surface area contributed by atoms with Crippen molar-refractivity contribution in [2.45, 2.75) is 32.4 Å². The van der Waals surface area contributed by atoms with Gasteiger partial charge in [0.25, 0.3) is 0 Å². The largest absolute Gasteiger partial charge is 0.377 e. The van der Waals surface area contributed by atoms with Crippen molar-refractivity contribution < 1.29 is 4.74 Å². The molecule has 3 nitrogen and oxygen atoms in total. The Labute approximate surface area is 87.0 Å². The van der Waals surface area contributed by atoms with Crippen LogP contribution in [0.15, 0.2) is 0 Å².